The smallest absolute Gasteiger partial charge is 0.266 e. The van der Waals surface area contributed by atoms with Crippen molar-refractivity contribution in [2.24, 2.45) is 5.92 Å². The van der Waals surface area contributed by atoms with Gasteiger partial charge in [0.25, 0.3) is 11.4 Å². The molecule has 1 fully saturated rings. The van der Waals surface area contributed by atoms with Gasteiger partial charge >= 0.3 is 0 Å². The highest BCUT2D eigenvalue weighted by atomic mass is 16.5. The lowest BCUT2D eigenvalue weighted by atomic mass is 9.95. The van der Waals surface area contributed by atoms with E-state index in [1.54, 1.807) is 18.7 Å². The van der Waals surface area contributed by atoms with Gasteiger partial charge in [-0.2, -0.15) is 4.98 Å². The molecule has 0 unspecified atom stereocenters. The number of hydrogen-bond acceptors (Lipinski definition) is 7. The summed E-state index contributed by atoms with van der Waals surface area (Å²) in [6.45, 7) is 8.55. The van der Waals surface area contributed by atoms with Gasteiger partial charge in [0, 0.05) is 44.2 Å². The molecule has 162 valence electrons. The van der Waals surface area contributed by atoms with Crippen LogP contribution in [-0.4, -0.2) is 55.5 Å². The van der Waals surface area contributed by atoms with E-state index in [0.717, 1.165) is 0 Å². The summed E-state index contributed by atoms with van der Waals surface area (Å²) in [6.07, 6.45) is 2.89. The van der Waals surface area contributed by atoms with Crippen molar-refractivity contribution in [1.29, 1.82) is 0 Å². The number of aromatic nitrogens is 4. The van der Waals surface area contributed by atoms with E-state index in [9.17, 15) is 14.4 Å². The number of aryl methyl sites for hydroxylation is 2. The molecule has 1 saturated heterocycles. The molecule has 3 heterocycles. The van der Waals surface area contributed by atoms with Gasteiger partial charge in [-0.15, -0.1) is 0 Å². The maximum Gasteiger partial charge on any atom is 0.266 e. The summed E-state index contributed by atoms with van der Waals surface area (Å²) in [5.41, 5.74) is -0.103. The highest BCUT2D eigenvalue weighted by Gasteiger charge is 2.27. The molecule has 2 amide bonds. The van der Waals surface area contributed by atoms with Crippen LogP contribution in [0.15, 0.2) is 15.5 Å². The minimum absolute atomic E-state index is 0.0388. The van der Waals surface area contributed by atoms with Gasteiger partial charge in [0.1, 0.15) is 11.4 Å². The van der Waals surface area contributed by atoms with Crippen LogP contribution in [0, 0.1) is 19.8 Å². The van der Waals surface area contributed by atoms with E-state index in [1.807, 2.05) is 13.8 Å². The monoisotopic (exact) mass is 416 g/mol. The van der Waals surface area contributed by atoms with Gasteiger partial charge in [0.15, 0.2) is 5.82 Å². The Morgan fingerprint density at radius 2 is 1.97 bits per heavy atom. The summed E-state index contributed by atoms with van der Waals surface area (Å²) in [6, 6.07) is 0.110. The predicted octanol–water partition coefficient (Wildman–Crippen LogP) is 1.06. The van der Waals surface area contributed by atoms with Crippen LogP contribution in [0.2, 0.25) is 0 Å². The van der Waals surface area contributed by atoms with Crippen LogP contribution in [0.1, 0.15) is 44.8 Å². The first-order valence-electron chi connectivity index (χ1n) is 10.2. The van der Waals surface area contributed by atoms with Gasteiger partial charge in [0.05, 0.1) is 0 Å². The lowest BCUT2D eigenvalue weighted by Crippen LogP contribution is -2.44. The van der Waals surface area contributed by atoms with Crippen molar-refractivity contribution in [3.8, 4) is 11.5 Å². The SMILES string of the molecule is Cc1noc(-c2cnc(C)n(CCC(=O)N3CCC(C(=O)NC(C)C)CC3)c2=O)n1. The molecule has 0 aliphatic carbocycles. The molecule has 10 heteroatoms. The number of nitrogens with one attached hydrogen (secondary N) is 1. The van der Waals surface area contributed by atoms with E-state index < -0.39 is 0 Å². The largest absolute Gasteiger partial charge is 0.354 e. The molecule has 0 atom stereocenters. The Labute approximate surface area is 174 Å². The van der Waals surface area contributed by atoms with Crippen LogP contribution in [-0.2, 0) is 16.1 Å². The molecule has 30 heavy (non-hydrogen) atoms. The number of carbonyl (C=O) groups excluding carboxylic acids is 2. The summed E-state index contributed by atoms with van der Waals surface area (Å²) in [7, 11) is 0. The summed E-state index contributed by atoms with van der Waals surface area (Å²) in [5, 5.41) is 6.64. The quantitative estimate of drug-likeness (QED) is 0.747. The van der Waals surface area contributed by atoms with Gasteiger partial charge in [0.2, 0.25) is 11.8 Å². The van der Waals surface area contributed by atoms with Gasteiger partial charge in [-0.3, -0.25) is 19.0 Å². The Hall–Kier alpha value is -3.04. The molecule has 1 aliphatic rings. The van der Waals surface area contributed by atoms with Gasteiger partial charge in [-0.25, -0.2) is 4.98 Å². The Bertz CT molecular complexity index is 972. The van der Waals surface area contributed by atoms with Crippen LogP contribution in [0.5, 0.6) is 0 Å². The van der Waals surface area contributed by atoms with Crippen LogP contribution in [0.25, 0.3) is 11.5 Å². The van der Waals surface area contributed by atoms with Gasteiger partial charge in [-0.05, 0) is 40.5 Å². The lowest BCUT2D eigenvalue weighted by molar-refractivity contribution is -0.136. The van der Waals surface area contributed by atoms with E-state index in [-0.39, 0.29) is 53.8 Å². The number of rotatable bonds is 6. The Kier molecular flexibility index (Phi) is 6.63. The highest BCUT2D eigenvalue weighted by Crippen LogP contribution is 2.18. The maximum atomic E-state index is 12.8. The normalized spacial score (nSPS) is 14.9. The standard InChI is InChI=1S/C20H28N6O4/c1-12(2)22-18(28)15-5-8-25(9-6-15)17(27)7-10-26-14(4)21-11-16(20(26)29)19-23-13(3)24-30-19/h11-12,15H,5-10H2,1-4H3,(H,22,28). The summed E-state index contributed by atoms with van der Waals surface area (Å²) in [4.78, 5) is 47.7. The minimum atomic E-state index is -0.317. The summed E-state index contributed by atoms with van der Waals surface area (Å²) >= 11 is 0. The second-order valence-electron chi connectivity index (χ2n) is 7.89. The summed E-state index contributed by atoms with van der Waals surface area (Å²) < 4.78 is 6.53. The van der Waals surface area contributed by atoms with Crippen molar-refractivity contribution in [1.82, 2.24) is 29.9 Å². The van der Waals surface area contributed by atoms with Crippen molar-refractivity contribution in [3.63, 3.8) is 0 Å². The molecular formula is C20H28N6O4. The van der Waals surface area contributed by atoms with Crippen LogP contribution in [0.4, 0.5) is 0 Å². The zero-order chi connectivity index (χ0) is 21.8. The molecule has 0 aromatic carbocycles. The number of carbonyl (C=O) groups is 2. The third-order valence-electron chi connectivity index (χ3n) is 5.20. The number of nitrogens with zero attached hydrogens (tertiary/aromatic N) is 5. The lowest BCUT2D eigenvalue weighted by Gasteiger charge is -2.32. The van der Waals surface area contributed by atoms with Crippen LogP contribution < -0.4 is 10.9 Å². The second kappa shape index (κ2) is 9.19. The first kappa shape index (κ1) is 21.7. The summed E-state index contributed by atoms with van der Waals surface area (Å²) in [5.74, 6) is 1.02. The number of amides is 2. The van der Waals surface area contributed by atoms with E-state index >= 15 is 0 Å². The maximum absolute atomic E-state index is 12.8. The van der Waals surface area contributed by atoms with Crippen molar-refractivity contribution >= 4 is 11.8 Å². The molecule has 2 aromatic heterocycles. The van der Waals surface area contributed by atoms with Crippen molar-refractivity contribution in [2.75, 3.05) is 13.1 Å². The van der Waals surface area contributed by atoms with E-state index in [0.29, 0.717) is 37.6 Å². The van der Waals surface area contributed by atoms with Crippen LogP contribution >= 0.6 is 0 Å². The van der Waals surface area contributed by atoms with Gasteiger partial charge in [-0.1, -0.05) is 5.16 Å². The fraction of sp³-hybridized carbons (Fsp3) is 0.600. The van der Waals surface area contributed by atoms with Crippen molar-refractivity contribution in [2.45, 2.75) is 59.5 Å². The molecular weight excluding hydrogens is 388 g/mol. The van der Waals surface area contributed by atoms with E-state index in [1.165, 1.54) is 10.8 Å². The first-order chi connectivity index (χ1) is 14.3. The van der Waals surface area contributed by atoms with E-state index in [4.69, 9.17) is 4.52 Å². The van der Waals surface area contributed by atoms with Gasteiger partial charge < -0.3 is 14.7 Å². The zero-order valence-electron chi connectivity index (χ0n) is 17.8. The van der Waals surface area contributed by atoms with Crippen LogP contribution in [0.3, 0.4) is 0 Å². The zero-order valence-corrected chi connectivity index (χ0v) is 17.8. The molecule has 3 rings (SSSR count). The van der Waals surface area contributed by atoms with Crippen molar-refractivity contribution < 1.29 is 14.1 Å². The Balaban J connectivity index is 1.60. The Morgan fingerprint density at radius 1 is 1.27 bits per heavy atom. The fourth-order valence-corrected chi connectivity index (χ4v) is 3.55. The molecule has 0 saturated carbocycles. The first-order valence-corrected chi connectivity index (χ1v) is 10.2. The van der Waals surface area contributed by atoms with E-state index in [2.05, 4.69) is 20.4 Å². The molecule has 10 nitrogen and oxygen atoms in total. The molecule has 0 spiro atoms. The third-order valence-corrected chi connectivity index (χ3v) is 5.20. The predicted molar refractivity (Wildman–Crippen MR) is 108 cm³/mol. The average molecular weight is 416 g/mol. The number of hydrogen-bond donors (Lipinski definition) is 1. The molecule has 1 N–H and O–H groups in total. The number of piperidine rings is 1. The second-order valence-corrected chi connectivity index (χ2v) is 7.89. The topological polar surface area (TPSA) is 123 Å². The minimum Gasteiger partial charge on any atom is -0.354 e. The average Bonchev–Trinajstić information content (AvgIpc) is 3.13. The fourth-order valence-electron chi connectivity index (χ4n) is 3.55. The molecule has 1 aliphatic heterocycles. The van der Waals surface area contributed by atoms with Crippen molar-refractivity contribution in [3.05, 3.63) is 28.2 Å². The Morgan fingerprint density at radius 3 is 2.57 bits per heavy atom. The molecule has 0 bridgehead atoms. The third kappa shape index (κ3) is 4.92. The molecule has 0 radical (unpaired) electrons. The molecule has 2 aromatic rings. The number of likely N-dealkylation sites (tertiary alicyclic amines) is 1. The highest BCUT2D eigenvalue weighted by molar-refractivity contribution is 5.80.